The van der Waals surface area contributed by atoms with Gasteiger partial charge in [0.2, 0.25) is 10.0 Å². The van der Waals surface area contributed by atoms with E-state index in [2.05, 4.69) is 4.72 Å². The third kappa shape index (κ3) is 3.19. The lowest BCUT2D eigenvalue weighted by Crippen LogP contribution is -2.51. The van der Waals surface area contributed by atoms with Gasteiger partial charge in [-0.15, -0.1) is 0 Å². The Morgan fingerprint density at radius 1 is 1.30 bits per heavy atom. The summed E-state index contributed by atoms with van der Waals surface area (Å²) in [6, 6.07) is 4.39. The third-order valence-electron chi connectivity index (χ3n) is 4.54. The third-order valence-corrected chi connectivity index (χ3v) is 5.94. The smallest absolute Gasteiger partial charge is 0.408 e. The molecule has 0 saturated heterocycles. The van der Waals surface area contributed by atoms with Gasteiger partial charge >= 0.3 is 5.76 Å². The fourth-order valence-corrected chi connectivity index (χ4v) is 4.19. The summed E-state index contributed by atoms with van der Waals surface area (Å²) in [5.74, 6) is -0.523. The van der Waals surface area contributed by atoms with Gasteiger partial charge in [0, 0.05) is 25.2 Å². The van der Waals surface area contributed by atoms with Gasteiger partial charge in [-0.05, 0) is 25.0 Å². The summed E-state index contributed by atoms with van der Waals surface area (Å²) in [4.78, 5) is 11.6. The molecule has 23 heavy (non-hydrogen) atoms. The number of aryl methyl sites for hydroxylation is 1. The molecule has 0 amide bonds. The van der Waals surface area contributed by atoms with Crippen molar-refractivity contribution >= 4 is 21.1 Å². The number of nitrogens with one attached hydrogen (secondary N) is 1. The van der Waals surface area contributed by atoms with Gasteiger partial charge in [0.05, 0.1) is 10.4 Å². The summed E-state index contributed by atoms with van der Waals surface area (Å²) in [6.45, 7) is 0.214. The van der Waals surface area contributed by atoms with Gasteiger partial charge in [-0.1, -0.05) is 19.3 Å². The molecule has 3 N–H and O–H groups in total. The number of benzene rings is 1. The van der Waals surface area contributed by atoms with Crippen LogP contribution in [0.5, 0.6) is 0 Å². The standard InChI is InChI=1S/C15H21N3O4S/c1-18-12-6-5-11(9-13(12)22-14(18)19)23(20,21)17-10-15(16)7-3-2-4-8-15/h5-6,9,17H,2-4,7-8,10,16H2,1H3. The molecule has 7 nitrogen and oxygen atoms in total. The van der Waals surface area contributed by atoms with Crippen LogP contribution in [0, 0.1) is 0 Å². The topological polar surface area (TPSA) is 107 Å². The van der Waals surface area contributed by atoms with Crippen molar-refractivity contribution < 1.29 is 12.8 Å². The van der Waals surface area contributed by atoms with Crippen molar-refractivity contribution in [2.24, 2.45) is 12.8 Å². The lowest BCUT2D eigenvalue weighted by Gasteiger charge is -2.33. The van der Waals surface area contributed by atoms with Crippen LogP contribution < -0.4 is 16.2 Å². The summed E-state index contributed by atoms with van der Waals surface area (Å²) in [6.07, 6.45) is 4.85. The minimum atomic E-state index is -3.69. The van der Waals surface area contributed by atoms with Crippen LogP contribution in [-0.4, -0.2) is 25.1 Å². The number of nitrogens with two attached hydrogens (primary N) is 1. The van der Waals surface area contributed by atoms with E-state index < -0.39 is 21.3 Å². The number of nitrogens with zero attached hydrogens (tertiary/aromatic N) is 1. The molecule has 1 saturated carbocycles. The second kappa shape index (κ2) is 5.77. The SMILES string of the molecule is Cn1c(=O)oc2cc(S(=O)(=O)NCC3(N)CCCCC3)ccc21. The predicted molar refractivity (Wildman–Crippen MR) is 86.6 cm³/mol. The molecule has 8 heteroatoms. The van der Waals surface area contributed by atoms with Gasteiger partial charge in [-0.25, -0.2) is 17.9 Å². The Morgan fingerprint density at radius 3 is 2.70 bits per heavy atom. The molecule has 1 aliphatic rings. The summed E-state index contributed by atoms with van der Waals surface area (Å²) < 4.78 is 33.9. The molecule has 0 radical (unpaired) electrons. The first-order valence-corrected chi connectivity index (χ1v) is 9.17. The van der Waals surface area contributed by atoms with Crippen molar-refractivity contribution in [3.63, 3.8) is 0 Å². The van der Waals surface area contributed by atoms with Gasteiger partial charge in [0.25, 0.3) is 0 Å². The van der Waals surface area contributed by atoms with E-state index >= 15 is 0 Å². The van der Waals surface area contributed by atoms with Crippen LogP contribution in [0.2, 0.25) is 0 Å². The summed E-state index contributed by atoms with van der Waals surface area (Å²) >= 11 is 0. The van der Waals surface area contributed by atoms with Crippen molar-refractivity contribution in [3.05, 3.63) is 28.7 Å². The van der Waals surface area contributed by atoms with E-state index in [1.54, 1.807) is 13.1 Å². The van der Waals surface area contributed by atoms with E-state index in [1.807, 2.05) is 0 Å². The first-order valence-electron chi connectivity index (χ1n) is 7.69. The summed E-state index contributed by atoms with van der Waals surface area (Å²) in [7, 11) is -2.12. The Morgan fingerprint density at radius 2 is 2.00 bits per heavy atom. The van der Waals surface area contributed by atoms with E-state index in [9.17, 15) is 13.2 Å². The minimum Gasteiger partial charge on any atom is -0.408 e. The van der Waals surface area contributed by atoms with Crippen molar-refractivity contribution in [2.45, 2.75) is 42.5 Å². The first kappa shape index (κ1) is 16.2. The highest BCUT2D eigenvalue weighted by molar-refractivity contribution is 7.89. The number of sulfonamides is 1. The highest BCUT2D eigenvalue weighted by atomic mass is 32.2. The second-order valence-corrected chi connectivity index (χ2v) is 8.07. The molecule has 0 spiro atoms. The number of aromatic nitrogens is 1. The van der Waals surface area contributed by atoms with Crippen LogP contribution in [0.4, 0.5) is 0 Å². The summed E-state index contributed by atoms with van der Waals surface area (Å²) in [5, 5.41) is 0. The quantitative estimate of drug-likeness (QED) is 0.866. The van der Waals surface area contributed by atoms with Crippen molar-refractivity contribution in [2.75, 3.05) is 6.54 Å². The maximum absolute atomic E-state index is 12.5. The van der Waals surface area contributed by atoms with Gasteiger partial charge in [-0.3, -0.25) is 4.57 Å². The highest BCUT2D eigenvalue weighted by Crippen LogP contribution is 2.26. The Labute approximate surface area is 134 Å². The maximum atomic E-state index is 12.5. The van der Waals surface area contributed by atoms with E-state index in [0.29, 0.717) is 5.52 Å². The average Bonchev–Trinajstić information content (AvgIpc) is 2.81. The Balaban J connectivity index is 1.83. The molecule has 1 aromatic heterocycles. The number of fused-ring (bicyclic) bond motifs is 1. The van der Waals surface area contributed by atoms with E-state index in [0.717, 1.165) is 32.1 Å². The largest absolute Gasteiger partial charge is 0.419 e. The molecule has 0 bridgehead atoms. The van der Waals surface area contributed by atoms with Gasteiger partial charge in [0.1, 0.15) is 0 Å². The Kier molecular flexibility index (Phi) is 4.07. The molecule has 1 aliphatic carbocycles. The van der Waals surface area contributed by atoms with E-state index in [4.69, 9.17) is 10.2 Å². The molecular formula is C15H21N3O4S. The molecule has 1 heterocycles. The zero-order chi connectivity index (χ0) is 16.7. The van der Waals surface area contributed by atoms with Gasteiger partial charge < -0.3 is 10.2 Å². The van der Waals surface area contributed by atoms with Crippen LogP contribution in [-0.2, 0) is 17.1 Å². The van der Waals surface area contributed by atoms with E-state index in [1.165, 1.54) is 16.7 Å². The highest BCUT2D eigenvalue weighted by Gasteiger charge is 2.29. The van der Waals surface area contributed by atoms with Gasteiger partial charge in [-0.2, -0.15) is 0 Å². The minimum absolute atomic E-state index is 0.0683. The fraction of sp³-hybridized carbons (Fsp3) is 0.533. The second-order valence-electron chi connectivity index (χ2n) is 6.30. The molecular weight excluding hydrogens is 318 g/mol. The zero-order valence-corrected chi connectivity index (χ0v) is 13.9. The molecule has 0 aliphatic heterocycles. The lowest BCUT2D eigenvalue weighted by atomic mass is 9.83. The fourth-order valence-electron chi connectivity index (χ4n) is 3.04. The molecule has 0 atom stereocenters. The van der Waals surface area contributed by atoms with Crippen LogP contribution in [0.3, 0.4) is 0 Å². The van der Waals surface area contributed by atoms with Crippen LogP contribution in [0.1, 0.15) is 32.1 Å². The predicted octanol–water partition coefficient (Wildman–Crippen LogP) is 1.07. The maximum Gasteiger partial charge on any atom is 0.419 e. The molecule has 1 fully saturated rings. The first-order chi connectivity index (χ1) is 10.8. The molecule has 2 aromatic rings. The lowest BCUT2D eigenvalue weighted by molar-refractivity contribution is 0.296. The number of hydrogen-bond donors (Lipinski definition) is 2. The monoisotopic (exact) mass is 339 g/mol. The number of hydrogen-bond acceptors (Lipinski definition) is 5. The average molecular weight is 339 g/mol. The Hall–Kier alpha value is -1.64. The molecule has 1 aromatic carbocycles. The van der Waals surface area contributed by atoms with Crippen LogP contribution >= 0.6 is 0 Å². The van der Waals surface area contributed by atoms with Crippen molar-refractivity contribution in [1.82, 2.24) is 9.29 Å². The zero-order valence-electron chi connectivity index (χ0n) is 13.0. The molecule has 3 rings (SSSR count). The normalized spacial score (nSPS) is 18.3. The van der Waals surface area contributed by atoms with Crippen molar-refractivity contribution in [3.8, 4) is 0 Å². The molecule has 0 unspecified atom stereocenters. The van der Waals surface area contributed by atoms with Crippen LogP contribution in [0.25, 0.3) is 11.1 Å². The summed E-state index contributed by atoms with van der Waals surface area (Å²) in [5.41, 5.74) is 6.59. The van der Waals surface area contributed by atoms with Gasteiger partial charge in [0.15, 0.2) is 5.58 Å². The number of rotatable bonds is 4. The van der Waals surface area contributed by atoms with Crippen LogP contribution in [0.15, 0.2) is 32.3 Å². The van der Waals surface area contributed by atoms with Crippen molar-refractivity contribution in [1.29, 1.82) is 0 Å². The van der Waals surface area contributed by atoms with E-state index in [-0.39, 0.29) is 17.0 Å². The Bertz CT molecular complexity index is 876. The molecule has 126 valence electrons. The number of oxazole rings is 1.